The van der Waals surface area contributed by atoms with Gasteiger partial charge in [0, 0.05) is 22.3 Å². The Morgan fingerprint density at radius 2 is 1.54 bits per heavy atom. The molecule has 0 spiro atoms. The van der Waals surface area contributed by atoms with Gasteiger partial charge in [-0.15, -0.1) is 0 Å². The van der Waals surface area contributed by atoms with Crippen LogP contribution < -0.4 is 5.73 Å². The molecule has 2 aromatic rings. The highest BCUT2D eigenvalue weighted by Crippen LogP contribution is 2.50. The Labute approximate surface area is 247 Å². The molecule has 2 aromatic heterocycles. The number of anilines is 1. The first-order valence-electron chi connectivity index (χ1n) is 12.9. The van der Waals surface area contributed by atoms with Crippen LogP contribution in [-0.2, 0) is 32.5 Å². The molecule has 4 atom stereocenters. The van der Waals surface area contributed by atoms with E-state index >= 15 is 0 Å². The number of thioether (sulfide) groups is 2. The van der Waals surface area contributed by atoms with Crippen LogP contribution in [0.25, 0.3) is 11.2 Å². The van der Waals surface area contributed by atoms with E-state index in [0.29, 0.717) is 5.52 Å². The van der Waals surface area contributed by atoms with Gasteiger partial charge in [-0.3, -0.25) is 27.7 Å². The number of nitrogens with zero attached hydrogens (tertiary/aromatic N) is 4. The normalized spacial score (nSPS) is 22.0. The molecular formula is C24H38N5O9PS2. The Morgan fingerprint density at radius 3 is 2.07 bits per heavy atom. The minimum absolute atomic E-state index is 0.0589. The zero-order valence-electron chi connectivity index (χ0n) is 23.9. The summed E-state index contributed by atoms with van der Waals surface area (Å²) in [5.41, 5.74) is 5.32. The van der Waals surface area contributed by atoms with Crippen molar-refractivity contribution in [2.75, 3.05) is 37.1 Å². The average Bonchev–Trinajstić information content (AvgIpc) is 3.43. The second-order valence-corrected chi connectivity index (χ2v) is 15.1. The second-order valence-electron chi connectivity index (χ2n) is 11.3. The predicted molar refractivity (Wildman–Crippen MR) is 155 cm³/mol. The summed E-state index contributed by atoms with van der Waals surface area (Å²) < 4.78 is 37.1. The van der Waals surface area contributed by atoms with Crippen LogP contribution in [0.4, 0.5) is 5.82 Å². The van der Waals surface area contributed by atoms with Crippen LogP contribution in [0.3, 0.4) is 0 Å². The van der Waals surface area contributed by atoms with E-state index < -0.39 is 49.8 Å². The molecule has 0 radical (unpaired) electrons. The molecule has 4 N–H and O–H groups in total. The van der Waals surface area contributed by atoms with Gasteiger partial charge in [-0.25, -0.2) is 19.5 Å². The van der Waals surface area contributed by atoms with E-state index in [1.165, 1.54) is 17.2 Å². The fourth-order valence-corrected chi connectivity index (χ4v) is 6.43. The van der Waals surface area contributed by atoms with Crippen molar-refractivity contribution in [2.45, 2.75) is 66.1 Å². The lowest BCUT2D eigenvalue weighted by Crippen LogP contribution is -2.33. The van der Waals surface area contributed by atoms with Gasteiger partial charge >= 0.3 is 7.82 Å². The van der Waals surface area contributed by atoms with Crippen molar-refractivity contribution in [3.63, 3.8) is 0 Å². The van der Waals surface area contributed by atoms with E-state index in [1.54, 1.807) is 41.5 Å². The first kappa shape index (κ1) is 33.9. The van der Waals surface area contributed by atoms with Crippen molar-refractivity contribution >= 4 is 58.6 Å². The highest BCUT2D eigenvalue weighted by Gasteiger charge is 2.45. The molecule has 230 valence electrons. The number of aliphatic hydroxyl groups is 2. The predicted octanol–water partition coefficient (Wildman–Crippen LogP) is 2.80. The second kappa shape index (κ2) is 13.8. The van der Waals surface area contributed by atoms with Crippen LogP contribution in [0.5, 0.6) is 0 Å². The van der Waals surface area contributed by atoms with Crippen LogP contribution in [0, 0.1) is 10.8 Å². The Bertz CT molecular complexity index is 1230. The van der Waals surface area contributed by atoms with Crippen molar-refractivity contribution in [2.24, 2.45) is 10.8 Å². The number of ether oxygens (including phenoxy) is 1. The van der Waals surface area contributed by atoms with Gasteiger partial charge in [-0.2, -0.15) is 0 Å². The Morgan fingerprint density at radius 1 is 0.976 bits per heavy atom. The van der Waals surface area contributed by atoms with Crippen molar-refractivity contribution in [1.82, 2.24) is 19.5 Å². The first-order valence-corrected chi connectivity index (χ1v) is 16.3. The van der Waals surface area contributed by atoms with E-state index in [-0.39, 0.29) is 46.4 Å². The van der Waals surface area contributed by atoms with E-state index in [0.717, 1.165) is 23.5 Å². The number of nitrogens with two attached hydrogens (primary N) is 1. The number of phosphoric acid groups is 1. The summed E-state index contributed by atoms with van der Waals surface area (Å²) in [7, 11) is -4.22. The molecule has 0 aromatic carbocycles. The molecule has 3 rings (SSSR count). The van der Waals surface area contributed by atoms with Crippen molar-refractivity contribution in [3.8, 4) is 0 Å². The first-order chi connectivity index (χ1) is 19.0. The molecular weight excluding hydrogens is 597 g/mol. The van der Waals surface area contributed by atoms with Gasteiger partial charge in [0.15, 0.2) is 27.9 Å². The molecule has 1 aliphatic rings. The molecule has 1 fully saturated rings. The van der Waals surface area contributed by atoms with Gasteiger partial charge in [-0.1, -0.05) is 65.1 Å². The molecule has 41 heavy (non-hydrogen) atoms. The molecule has 3 heterocycles. The molecule has 0 bridgehead atoms. The number of rotatable bonds is 12. The topological polar surface area (TPSA) is 198 Å². The molecule has 17 heteroatoms. The van der Waals surface area contributed by atoms with Crippen molar-refractivity contribution in [3.05, 3.63) is 12.7 Å². The van der Waals surface area contributed by atoms with Crippen LogP contribution in [0.2, 0.25) is 0 Å². The third-order valence-electron chi connectivity index (χ3n) is 5.75. The number of aromatic nitrogens is 4. The van der Waals surface area contributed by atoms with Gasteiger partial charge < -0.3 is 20.7 Å². The minimum Gasteiger partial charge on any atom is -0.387 e. The summed E-state index contributed by atoms with van der Waals surface area (Å²) >= 11 is 2.07. The van der Waals surface area contributed by atoms with Crippen LogP contribution in [0.1, 0.15) is 47.8 Å². The number of aliphatic hydroxyl groups excluding tert-OH is 2. The molecule has 0 amide bonds. The number of hydrogen-bond acceptors (Lipinski definition) is 15. The van der Waals surface area contributed by atoms with Gasteiger partial charge in [0.2, 0.25) is 0 Å². The maximum absolute atomic E-state index is 13.5. The number of fused-ring (bicyclic) bond motifs is 1. The number of carbonyl (C=O) groups excluding carboxylic acids is 2. The van der Waals surface area contributed by atoms with Gasteiger partial charge in [-0.05, 0) is 0 Å². The summed E-state index contributed by atoms with van der Waals surface area (Å²) in [6.45, 7) is 10.0. The van der Waals surface area contributed by atoms with Crippen LogP contribution in [-0.4, -0.2) is 89.6 Å². The van der Waals surface area contributed by atoms with Crippen molar-refractivity contribution in [1.29, 1.82) is 0 Å². The lowest BCUT2D eigenvalue weighted by atomic mass is 9.99. The molecule has 0 saturated carbocycles. The fourth-order valence-electron chi connectivity index (χ4n) is 3.43. The van der Waals surface area contributed by atoms with Crippen LogP contribution in [0.15, 0.2) is 12.7 Å². The fraction of sp³-hybridized carbons (Fsp3) is 0.708. The highest BCUT2D eigenvalue weighted by atomic mass is 32.2. The maximum atomic E-state index is 13.5. The molecule has 0 aliphatic carbocycles. The summed E-state index contributed by atoms with van der Waals surface area (Å²) in [4.78, 5) is 36.5. The van der Waals surface area contributed by atoms with E-state index in [9.17, 15) is 24.4 Å². The van der Waals surface area contributed by atoms with Gasteiger partial charge in [0.25, 0.3) is 0 Å². The third-order valence-corrected chi connectivity index (χ3v) is 9.71. The quantitative estimate of drug-likeness (QED) is 0.227. The van der Waals surface area contributed by atoms with Gasteiger partial charge in [0.1, 0.15) is 30.2 Å². The average molecular weight is 636 g/mol. The zero-order chi connectivity index (χ0) is 30.6. The van der Waals surface area contributed by atoms with E-state index in [4.69, 9.17) is 24.0 Å². The lowest BCUT2D eigenvalue weighted by molar-refractivity contribution is -0.118. The maximum Gasteiger partial charge on any atom is 0.474 e. The summed E-state index contributed by atoms with van der Waals surface area (Å²) in [6.07, 6.45) is -2.47. The minimum atomic E-state index is -4.22. The number of carbonyl (C=O) groups is 2. The molecule has 0 unspecified atom stereocenters. The monoisotopic (exact) mass is 635 g/mol. The van der Waals surface area contributed by atoms with Gasteiger partial charge in [0.05, 0.1) is 26.1 Å². The number of nitrogen functional groups attached to an aromatic ring is 1. The summed E-state index contributed by atoms with van der Waals surface area (Å²) in [6, 6.07) is 0. The SMILES string of the molecule is CC(C)(C)C(=O)SCCOP(=O)(OCCSC(=O)C(C)(C)C)OC[C@H]1O[C@@H](n2cnc3c(N)ncnc32)[C@@H](O)[C@@H]1O. The smallest absolute Gasteiger partial charge is 0.387 e. The Hall–Kier alpha value is -1.62. The summed E-state index contributed by atoms with van der Waals surface area (Å²) in [5.74, 6) is 0.541. The molecule has 1 aliphatic heterocycles. The third kappa shape index (κ3) is 8.94. The Kier molecular flexibility index (Phi) is 11.4. The van der Waals surface area contributed by atoms with E-state index in [1.807, 2.05) is 0 Å². The number of hydrogen-bond donors (Lipinski definition) is 3. The van der Waals surface area contributed by atoms with Crippen LogP contribution >= 0.6 is 31.3 Å². The highest BCUT2D eigenvalue weighted by molar-refractivity contribution is 8.14. The largest absolute Gasteiger partial charge is 0.474 e. The molecule has 14 nitrogen and oxygen atoms in total. The number of phosphoric ester groups is 1. The lowest BCUT2D eigenvalue weighted by Gasteiger charge is -2.22. The number of imidazole rings is 1. The van der Waals surface area contributed by atoms with E-state index in [2.05, 4.69) is 15.0 Å². The summed E-state index contributed by atoms with van der Waals surface area (Å²) in [5, 5.41) is 21.2. The standard InChI is InChI=1S/C24H38N5O9PS2/c1-23(2,3)21(32)40-9-7-35-39(34,36-8-10-41-22(33)24(4,5)6)37-11-14-16(30)17(31)20(38-14)29-13-28-15-18(25)26-12-27-19(15)29/h12-14,16-17,20,30-31H,7-11H2,1-6H3,(H2,25,26,27)/t14-,16-,17+,20-/m1/s1. The van der Waals surface area contributed by atoms with Crippen molar-refractivity contribution < 1.29 is 42.7 Å². The zero-order valence-corrected chi connectivity index (χ0v) is 26.4. The molecule has 1 saturated heterocycles. The Balaban J connectivity index is 1.64.